The Morgan fingerprint density at radius 2 is 2.33 bits per heavy atom. The largest absolute Gasteiger partial charge is 0.460 e. The summed E-state index contributed by atoms with van der Waals surface area (Å²) in [7, 11) is 0. The topological polar surface area (TPSA) is 42.2 Å². The van der Waals surface area contributed by atoms with E-state index in [0.29, 0.717) is 5.76 Å². The third-order valence-corrected chi connectivity index (χ3v) is 3.34. The van der Waals surface area contributed by atoms with Gasteiger partial charge in [-0.1, -0.05) is 12.8 Å². The molecular weight excluding hydrogens is 258 g/mol. The average molecular weight is 272 g/mol. The molecule has 1 aromatic heterocycles. The SMILES string of the molecule is O=C(c1occc1Br)C1CCCCCN1. The fourth-order valence-corrected chi connectivity index (χ4v) is 2.28. The normalized spacial score (nSPS) is 22.3. The van der Waals surface area contributed by atoms with E-state index in [1.54, 1.807) is 6.07 Å². The summed E-state index contributed by atoms with van der Waals surface area (Å²) in [4.78, 5) is 12.0. The second kappa shape index (κ2) is 4.94. The fourth-order valence-electron chi connectivity index (χ4n) is 1.88. The molecule has 1 aliphatic rings. The van der Waals surface area contributed by atoms with Crippen LogP contribution in [-0.4, -0.2) is 18.4 Å². The minimum Gasteiger partial charge on any atom is -0.460 e. The summed E-state index contributed by atoms with van der Waals surface area (Å²) in [5, 5.41) is 3.27. The Morgan fingerprint density at radius 1 is 1.47 bits per heavy atom. The molecule has 0 spiro atoms. The zero-order valence-electron chi connectivity index (χ0n) is 8.46. The van der Waals surface area contributed by atoms with E-state index in [4.69, 9.17) is 4.42 Å². The third-order valence-electron chi connectivity index (χ3n) is 2.72. The number of hydrogen-bond donors (Lipinski definition) is 1. The highest BCUT2D eigenvalue weighted by molar-refractivity contribution is 9.10. The van der Waals surface area contributed by atoms with Crippen LogP contribution in [0.5, 0.6) is 0 Å². The van der Waals surface area contributed by atoms with Crippen LogP contribution in [0.3, 0.4) is 0 Å². The van der Waals surface area contributed by atoms with E-state index in [1.165, 1.54) is 12.7 Å². The first-order valence-electron chi connectivity index (χ1n) is 5.29. The zero-order chi connectivity index (χ0) is 10.7. The molecule has 3 nitrogen and oxygen atoms in total. The standard InChI is InChI=1S/C11H14BrNO2/c12-8-5-7-15-11(8)10(14)9-4-2-1-3-6-13-9/h5,7,9,13H,1-4,6H2. The highest BCUT2D eigenvalue weighted by atomic mass is 79.9. The number of rotatable bonds is 2. The second-order valence-corrected chi connectivity index (χ2v) is 4.67. The van der Waals surface area contributed by atoms with Crippen LogP contribution >= 0.6 is 15.9 Å². The summed E-state index contributed by atoms with van der Waals surface area (Å²) >= 11 is 3.31. The minimum absolute atomic E-state index is 0.0637. The molecule has 1 aliphatic heterocycles. The van der Waals surface area contributed by atoms with Gasteiger partial charge >= 0.3 is 0 Å². The summed E-state index contributed by atoms with van der Waals surface area (Å²) in [6, 6.07) is 1.68. The molecule has 4 heteroatoms. The molecule has 0 saturated carbocycles. The van der Waals surface area contributed by atoms with Crippen molar-refractivity contribution in [2.75, 3.05) is 6.54 Å². The van der Waals surface area contributed by atoms with E-state index >= 15 is 0 Å². The number of furan rings is 1. The van der Waals surface area contributed by atoms with Crippen molar-refractivity contribution in [2.45, 2.75) is 31.7 Å². The number of ketones is 1. The Bertz CT molecular complexity index is 340. The van der Waals surface area contributed by atoms with Gasteiger partial charge in [-0.3, -0.25) is 4.79 Å². The Morgan fingerprint density at radius 3 is 3.07 bits per heavy atom. The molecule has 1 atom stereocenters. The predicted octanol–water partition coefficient (Wildman–Crippen LogP) is 2.76. The lowest BCUT2D eigenvalue weighted by molar-refractivity contribution is 0.0912. The number of nitrogens with one attached hydrogen (secondary N) is 1. The molecule has 2 heterocycles. The fraction of sp³-hybridized carbons (Fsp3) is 0.545. The molecule has 0 radical (unpaired) electrons. The second-order valence-electron chi connectivity index (χ2n) is 3.82. The molecular formula is C11H14BrNO2. The van der Waals surface area contributed by atoms with Gasteiger partial charge in [-0.15, -0.1) is 0 Å². The molecule has 82 valence electrons. The molecule has 1 saturated heterocycles. The van der Waals surface area contributed by atoms with E-state index in [9.17, 15) is 4.79 Å². The summed E-state index contributed by atoms with van der Waals surface area (Å²) in [5.41, 5.74) is 0. The van der Waals surface area contributed by atoms with Gasteiger partial charge in [0.15, 0.2) is 5.76 Å². The first kappa shape index (κ1) is 10.9. The number of Topliss-reactive ketones (excluding diaryl/α,β-unsaturated/α-hetero) is 1. The maximum Gasteiger partial charge on any atom is 0.215 e. The maximum atomic E-state index is 12.0. The summed E-state index contributed by atoms with van der Waals surface area (Å²) in [6.07, 6.45) is 5.92. The molecule has 0 aliphatic carbocycles. The molecule has 0 bridgehead atoms. The van der Waals surface area contributed by atoms with Crippen LogP contribution in [0.4, 0.5) is 0 Å². The van der Waals surface area contributed by atoms with Crippen LogP contribution in [0, 0.1) is 0 Å². The van der Waals surface area contributed by atoms with Gasteiger partial charge in [0, 0.05) is 0 Å². The van der Waals surface area contributed by atoms with E-state index < -0.39 is 0 Å². The van der Waals surface area contributed by atoms with E-state index in [1.807, 2.05) is 0 Å². The quantitative estimate of drug-likeness (QED) is 0.842. The van der Waals surface area contributed by atoms with Crippen molar-refractivity contribution < 1.29 is 9.21 Å². The third kappa shape index (κ3) is 2.49. The summed E-state index contributed by atoms with van der Waals surface area (Å²) in [6.45, 7) is 0.925. The monoisotopic (exact) mass is 271 g/mol. The van der Waals surface area contributed by atoms with Crippen molar-refractivity contribution in [1.29, 1.82) is 0 Å². The van der Waals surface area contributed by atoms with Crippen molar-refractivity contribution in [2.24, 2.45) is 0 Å². The minimum atomic E-state index is -0.0741. The van der Waals surface area contributed by atoms with E-state index in [0.717, 1.165) is 30.3 Å². The number of hydrogen-bond acceptors (Lipinski definition) is 3. The van der Waals surface area contributed by atoms with Gasteiger partial charge < -0.3 is 9.73 Å². The summed E-state index contributed by atoms with van der Waals surface area (Å²) < 4.78 is 5.93. The molecule has 0 amide bonds. The summed E-state index contributed by atoms with van der Waals surface area (Å²) in [5.74, 6) is 0.503. The smallest absolute Gasteiger partial charge is 0.215 e. The Labute approximate surface area is 97.4 Å². The van der Waals surface area contributed by atoms with Crippen molar-refractivity contribution in [3.63, 3.8) is 0 Å². The van der Waals surface area contributed by atoms with Gasteiger partial charge in [-0.25, -0.2) is 0 Å². The average Bonchev–Trinajstić information content (AvgIpc) is 2.53. The van der Waals surface area contributed by atoms with Gasteiger partial charge in [0.2, 0.25) is 5.78 Å². The molecule has 15 heavy (non-hydrogen) atoms. The predicted molar refractivity (Wildman–Crippen MR) is 61.0 cm³/mol. The Hall–Kier alpha value is -0.610. The lowest BCUT2D eigenvalue weighted by Crippen LogP contribution is -2.35. The van der Waals surface area contributed by atoms with E-state index in [2.05, 4.69) is 21.2 Å². The lowest BCUT2D eigenvalue weighted by Gasteiger charge is -2.12. The van der Waals surface area contributed by atoms with Crippen molar-refractivity contribution in [3.8, 4) is 0 Å². The first-order chi connectivity index (χ1) is 7.29. The van der Waals surface area contributed by atoms with Gasteiger partial charge in [0.05, 0.1) is 16.8 Å². The van der Waals surface area contributed by atoms with Crippen LogP contribution in [-0.2, 0) is 0 Å². The molecule has 1 N–H and O–H groups in total. The highest BCUT2D eigenvalue weighted by Gasteiger charge is 2.24. The lowest BCUT2D eigenvalue weighted by atomic mass is 10.1. The zero-order valence-corrected chi connectivity index (χ0v) is 10.0. The van der Waals surface area contributed by atoms with Crippen molar-refractivity contribution in [1.82, 2.24) is 5.32 Å². The first-order valence-corrected chi connectivity index (χ1v) is 6.09. The van der Waals surface area contributed by atoms with Crippen LogP contribution in [0.25, 0.3) is 0 Å². The molecule has 2 rings (SSSR count). The van der Waals surface area contributed by atoms with Gasteiger partial charge in [0.1, 0.15) is 0 Å². The molecule has 1 unspecified atom stereocenters. The van der Waals surface area contributed by atoms with Crippen LogP contribution in [0.2, 0.25) is 0 Å². The van der Waals surface area contributed by atoms with Crippen molar-refractivity contribution in [3.05, 3.63) is 22.6 Å². The molecule has 1 aromatic rings. The van der Waals surface area contributed by atoms with Gasteiger partial charge in [0.25, 0.3) is 0 Å². The van der Waals surface area contributed by atoms with E-state index in [-0.39, 0.29) is 11.8 Å². The highest BCUT2D eigenvalue weighted by Crippen LogP contribution is 2.21. The van der Waals surface area contributed by atoms with Crippen molar-refractivity contribution >= 4 is 21.7 Å². The van der Waals surface area contributed by atoms with Crippen LogP contribution in [0.1, 0.15) is 36.2 Å². The molecule has 0 aromatic carbocycles. The Kier molecular flexibility index (Phi) is 3.59. The number of halogens is 1. The van der Waals surface area contributed by atoms with Gasteiger partial charge in [-0.2, -0.15) is 0 Å². The Balaban J connectivity index is 2.09. The van der Waals surface area contributed by atoms with Crippen LogP contribution < -0.4 is 5.32 Å². The maximum absolute atomic E-state index is 12.0. The van der Waals surface area contributed by atoms with Gasteiger partial charge in [-0.05, 0) is 41.4 Å². The molecule has 1 fully saturated rings. The number of carbonyl (C=O) groups is 1. The number of carbonyl (C=O) groups excluding carboxylic acids is 1. The van der Waals surface area contributed by atoms with Crippen LogP contribution in [0.15, 0.2) is 21.2 Å².